The molecule has 32 heavy (non-hydrogen) atoms. The fourth-order valence-corrected chi connectivity index (χ4v) is 3.10. The number of carbonyl (C=O) groups excluding carboxylic acids is 1. The maximum atomic E-state index is 13.1. The lowest BCUT2D eigenvalue weighted by atomic mass is 10.2. The third-order valence-corrected chi connectivity index (χ3v) is 4.86. The van der Waals surface area contributed by atoms with Gasteiger partial charge in [-0.3, -0.25) is 14.9 Å². The molecular weight excluding hydrogens is 438 g/mol. The van der Waals surface area contributed by atoms with E-state index < -0.39 is 10.8 Å². The Kier molecular flexibility index (Phi) is 5.86. The lowest BCUT2D eigenvalue weighted by molar-refractivity contribution is -0.384. The number of aromatic nitrogens is 3. The van der Waals surface area contributed by atoms with Gasteiger partial charge >= 0.3 is 0 Å². The molecule has 0 unspecified atom stereocenters. The highest BCUT2D eigenvalue weighted by Gasteiger charge is 2.23. The Morgan fingerprint density at radius 3 is 2.69 bits per heavy atom. The summed E-state index contributed by atoms with van der Waals surface area (Å²) >= 11 is 5.86. The van der Waals surface area contributed by atoms with Crippen molar-refractivity contribution in [3.8, 4) is 17.3 Å². The minimum absolute atomic E-state index is 0.0319. The quantitative estimate of drug-likeness (QED) is 0.322. The Labute approximate surface area is 186 Å². The molecule has 2 heterocycles. The van der Waals surface area contributed by atoms with Gasteiger partial charge in [0.2, 0.25) is 11.8 Å². The Morgan fingerprint density at radius 1 is 1.25 bits per heavy atom. The average Bonchev–Trinajstić information content (AvgIpc) is 3.48. The summed E-state index contributed by atoms with van der Waals surface area (Å²) in [5.41, 5.74) is 0.565. The van der Waals surface area contributed by atoms with Crippen molar-refractivity contribution < 1.29 is 18.9 Å². The molecule has 0 saturated carbocycles. The van der Waals surface area contributed by atoms with E-state index >= 15 is 0 Å². The number of nitrogens with zero attached hydrogens (tertiary/aromatic N) is 4. The number of hydrogen-bond donors (Lipinski definition) is 1. The van der Waals surface area contributed by atoms with E-state index in [0.717, 1.165) is 22.1 Å². The van der Waals surface area contributed by atoms with E-state index in [9.17, 15) is 14.9 Å². The molecule has 0 aliphatic rings. The van der Waals surface area contributed by atoms with Crippen LogP contribution in [0.1, 0.15) is 15.9 Å². The second kappa shape index (κ2) is 8.90. The summed E-state index contributed by atoms with van der Waals surface area (Å²) in [5, 5.41) is 18.5. The molecule has 1 N–H and O–H groups in total. The number of nitro groups is 1. The van der Waals surface area contributed by atoms with Crippen LogP contribution in [-0.4, -0.2) is 32.7 Å². The zero-order chi connectivity index (χ0) is 22.7. The Bertz CT molecular complexity index is 1270. The van der Waals surface area contributed by atoms with Gasteiger partial charge in [-0.15, -0.1) is 5.10 Å². The molecule has 2 aromatic heterocycles. The van der Waals surface area contributed by atoms with Crippen molar-refractivity contribution in [2.24, 2.45) is 0 Å². The van der Waals surface area contributed by atoms with E-state index in [1.165, 1.54) is 18.4 Å². The van der Waals surface area contributed by atoms with Crippen molar-refractivity contribution in [3.05, 3.63) is 87.1 Å². The number of halogens is 1. The molecule has 0 spiro atoms. The van der Waals surface area contributed by atoms with Gasteiger partial charge in [0.1, 0.15) is 10.8 Å². The van der Waals surface area contributed by atoms with Crippen LogP contribution in [0.15, 0.2) is 65.3 Å². The predicted octanol–water partition coefficient (Wildman–Crippen LogP) is 4.41. The standard InChI is InChI=1S/C21H16ClN5O5/c1-31-15-7-4-13(5-8-15)12-23-21-24-19(18-3-2-10-32-18)25-26(21)20(28)14-6-9-16(22)17(11-14)27(29)30/h2-11H,12H2,1H3,(H,23,24,25). The minimum atomic E-state index is -0.655. The van der Waals surface area contributed by atoms with E-state index in [2.05, 4.69) is 15.4 Å². The highest BCUT2D eigenvalue weighted by atomic mass is 35.5. The second-order valence-electron chi connectivity index (χ2n) is 6.58. The number of carbonyl (C=O) groups is 1. The fraction of sp³-hybridized carbons (Fsp3) is 0.0952. The molecule has 0 bridgehead atoms. The summed E-state index contributed by atoms with van der Waals surface area (Å²) in [5.74, 6) is 0.800. The van der Waals surface area contributed by atoms with Crippen LogP contribution in [0.25, 0.3) is 11.6 Å². The number of ether oxygens (including phenoxy) is 1. The molecule has 162 valence electrons. The lowest BCUT2D eigenvalue weighted by Gasteiger charge is -2.08. The number of benzene rings is 2. The van der Waals surface area contributed by atoms with Crippen LogP contribution in [0.5, 0.6) is 5.75 Å². The third kappa shape index (κ3) is 4.30. The van der Waals surface area contributed by atoms with E-state index in [1.54, 1.807) is 19.2 Å². The van der Waals surface area contributed by atoms with Gasteiger partial charge in [0, 0.05) is 18.2 Å². The van der Waals surface area contributed by atoms with Gasteiger partial charge in [-0.05, 0) is 42.0 Å². The van der Waals surface area contributed by atoms with Gasteiger partial charge in [-0.2, -0.15) is 9.67 Å². The van der Waals surface area contributed by atoms with Gasteiger partial charge in [-0.1, -0.05) is 23.7 Å². The molecule has 0 fully saturated rings. The number of methoxy groups -OCH3 is 1. The van der Waals surface area contributed by atoms with Gasteiger partial charge in [0.25, 0.3) is 11.6 Å². The molecular formula is C21H16ClN5O5. The molecule has 11 heteroatoms. The van der Waals surface area contributed by atoms with Crippen molar-refractivity contribution in [2.75, 3.05) is 12.4 Å². The van der Waals surface area contributed by atoms with Crippen molar-refractivity contribution in [2.45, 2.75) is 6.54 Å². The van der Waals surface area contributed by atoms with E-state index in [4.69, 9.17) is 20.8 Å². The molecule has 0 saturated heterocycles. The summed E-state index contributed by atoms with van der Waals surface area (Å²) in [6.45, 7) is 0.342. The van der Waals surface area contributed by atoms with E-state index in [1.807, 2.05) is 24.3 Å². The third-order valence-electron chi connectivity index (χ3n) is 4.54. The average molecular weight is 454 g/mol. The molecule has 0 aliphatic carbocycles. The molecule has 2 aromatic carbocycles. The number of nitro benzene ring substituents is 1. The first-order valence-corrected chi connectivity index (χ1v) is 9.70. The Morgan fingerprint density at radius 2 is 2.03 bits per heavy atom. The van der Waals surface area contributed by atoms with E-state index in [-0.39, 0.29) is 28.0 Å². The van der Waals surface area contributed by atoms with Crippen LogP contribution >= 0.6 is 11.6 Å². The van der Waals surface area contributed by atoms with Crippen LogP contribution in [0.4, 0.5) is 11.6 Å². The zero-order valence-electron chi connectivity index (χ0n) is 16.7. The number of nitrogens with one attached hydrogen (secondary N) is 1. The van der Waals surface area contributed by atoms with Crippen LogP contribution in [0, 0.1) is 10.1 Å². The Balaban J connectivity index is 1.67. The molecule has 10 nitrogen and oxygen atoms in total. The highest BCUT2D eigenvalue weighted by molar-refractivity contribution is 6.32. The molecule has 0 atom stereocenters. The lowest BCUT2D eigenvalue weighted by Crippen LogP contribution is -2.17. The number of furan rings is 1. The molecule has 4 rings (SSSR count). The second-order valence-corrected chi connectivity index (χ2v) is 6.99. The SMILES string of the molecule is COc1ccc(CNc2nc(-c3ccco3)nn2C(=O)c2ccc(Cl)c([N+](=O)[O-])c2)cc1. The maximum absolute atomic E-state index is 13.1. The molecule has 0 amide bonds. The van der Waals surface area contributed by atoms with Gasteiger partial charge in [0.15, 0.2) is 5.76 Å². The molecule has 0 radical (unpaired) electrons. The summed E-state index contributed by atoms with van der Waals surface area (Å²) in [7, 11) is 1.58. The van der Waals surface area contributed by atoms with Crippen molar-refractivity contribution >= 4 is 29.1 Å². The van der Waals surface area contributed by atoms with Crippen molar-refractivity contribution in [1.82, 2.24) is 14.8 Å². The molecule has 0 aliphatic heterocycles. The number of anilines is 1. The first-order valence-electron chi connectivity index (χ1n) is 9.32. The van der Waals surface area contributed by atoms with Gasteiger partial charge < -0.3 is 14.5 Å². The summed E-state index contributed by atoms with van der Waals surface area (Å²) in [6.07, 6.45) is 1.46. The van der Waals surface area contributed by atoms with Crippen LogP contribution in [0.3, 0.4) is 0 Å². The topological polar surface area (TPSA) is 125 Å². The number of rotatable bonds is 7. The maximum Gasteiger partial charge on any atom is 0.288 e. The predicted molar refractivity (Wildman–Crippen MR) is 116 cm³/mol. The van der Waals surface area contributed by atoms with Gasteiger partial charge in [0.05, 0.1) is 18.3 Å². The largest absolute Gasteiger partial charge is 0.497 e. The first-order chi connectivity index (χ1) is 15.5. The van der Waals surface area contributed by atoms with Gasteiger partial charge in [-0.25, -0.2) is 0 Å². The fourth-order valence-electron chi connectivity index (χ4n) is 2.91. The number of hydrogen-bond acceptors (Lipinski definition) is 8. The Hall–Kier alpha value is -4.18. The van der Waals surface area contributed by atoms with Crippen molar-refractivity contribution in [1.29, 1.82) is 0 Å². The first kappa shape index (κ1) is 21.1. The van der Waals surface area contributed by atoms with Crippen LogP contribution < -0.4 is 10.1 Å². The summed E-state index contributed by atoms with van der Waals surface area (Å²) in [6, 6.07) is 14.5. The van der Waals surface area contributed by atoms with Crippen LogP contribution in [0.2, 0.25) is 5.02 Å². The zero-order valence-corrected chi connectivity index (χ0v) is 17.4. The van der Waals surface area contributed by atoms with Crippen LogP contribution in [-0.2, 0) is 6.54 Å². The minimum Gasteiger partial charge on any atom is -0.497 e. The summed E-state index contributed by atoms with van der Waals surface area (Å²) < 4.78 is 11.5. The smallest absolute Gasteiger partial charge is 0.288 e. The monoisotopic (exact) mass is 453 g/mol. The normalized spacial score (nSPS) is 10.7. The van der Waals surface area contributed by atoms with Crippen molar-refractivity contribution in [3.63, 3.8) is 0 Å². The summed E-state index contributed by atoms with van der Waals surface area (Å²) in [4.78, 5) is 28.1. The molecule has 4 aromatic rings. The van der Waals surface area contributed by atoms with E-state index in [0.29, 0.717) is 12.3 Å². The highest BCUT2D eigenvalue weighted by Crippen LogP contribution is 2.26.